The van der Waals surface area contributed by atoms with Crippen molar-refractivity contribution in [3.63, 3.8) is 0 Å². The van der Waals surface area contributed by atoms with Crippen LogP contribution < -0.4 is 5.32 Å². The Bertz CT molecular complexity index is 548. The smallest absolute Gasteiger partial charge is 0.255 e. The van der Waals surface area contributed by atoms with Crippen LogP contribution in [0.5, 0.6) is 0 Å². The highest BCUT2D eigenvalue weighted by atomic mass is 35.5. The van der Waals surface area contributed by atoms with Crippen LogP contribution in [-0.2, 0) is 0 Å². The number of hydrogen-bond acceptors (Lipinski definition) is 3. The number of nitrogens with zero attached hydrogens (tertiary/aromatic N) is 2. The summed E-state index contributed by atoms with van der Waals surface area (Å²) in [7, 11) is 3.64. The standard InChI is InChI=1S/C16H22ClN3O/c1-18-15-14(17)7-12(8-19-15)16(21)20(2)9-13-6-10-3-4-11(13)5-10/h7-8,10-11,13H,3-6,9H2,1-2H3,(H,18,19). The summed E-state index contributed by atoms with van der Waals surface area (Å²) in [4.78, 5) is 18.5. The fourth-order valence-electron chi connectivity index (χ4n) is 3.99. The highest BCUT2D eigenvalue weighted by Gasteiger charge is 2.40. The number of pyridine rings is 1. The van der Waals surface area contributed by atoms with Gasteiger partial charge in [0.15, 0.2) is 0 Å². The number of rotatable bonds is 4. The van der Waals surface area contributed by atoms with Gasteiger partial charge in [0, 0.05) is 26.8 Å². The Kier molecular flexibility index (Phi) is 4.07. The third-order valence-corrected chi connectivity index (χ3v) is 5.35. The normalized spacial score (nSPS) is 26.9. The molecule has 1 N–H and O–H groups in total. The number of carbonyl (C=O) groups excluding carboxylic acids is 1. The van der Waals surface area contributed by atoms with Gasteiger partial charge in [0.1, 0.15) is 5.82 Å². The van der Waals surface area contributed by atoms with Crippen LogP contribution >= 0.6 is 11.6 Å². The van der Waals surface area contributed by atoms with Gasteiger partial charge in [-0.2, -0.15) is 0 Å². The second-order valence-electron chi connectivity index (χ2n) is 6.43. The summed E-state index contributed by atoms with van der Waals surface area (Å²) in [5.41, 5.74) is 0.560. The fraction of sp³-hybridized carbons (Fsp3) is 0.625. The van der Waals surface area contributed by atoms with E-state index >= 15 is 0 Å². The van der Waals surface area contributed by atoms with Crippen LogP contribution in [0.3, 0.4) is 0 Å². The van der Waals surface area contributed by atoms with Crippen molar-refractivity contribution >= 4 is 23.3 Å². The minimum atomic E-state index is 0.00910. The molecule has 2 saturated carbocycles. The fourth-order valence-corrected chi connectivity index (χ4v) is 4.25. The molecule has 3 atom stereocenters. The van der Waals surface area contributed by atoms with Crippen LogP contribution in [0.25, 0.3) is 0 Å². The molecule has 2 fully saturated rings. The van der Waals surface area contributed by atoms with Crippen LogP contribution in [0.4, 0.5) is 5.82 Å². The molecule has 1 amide bonds. The van der Waals surface area contributed by atoms with Gasteiger partial charge in [-0.15, -0.1) is 0 Å². The Balaban J connectivity index is 1.65. The molecule has 0 saturated heterocycles. The van der Waals surface area contributed by atoms with E-state index in [1.165, 1.54) is 25.7 Å². The summed E-state index contributed by atoms with van der Waals surface area (Å²) in [5, 5.41) is 3.38. The lowest BCUT2D eigenvalue weighted by Crippen LogP contribution is -2.33. The van der Waals surface area contributed by atoms with E-state index in [1.807, 2.05) is 11.9 Å². The van der Waals surface area contributed by atoms with Crippen molar-refractivity contribution in [3.8, 4) is 0 Å². The molecular weight excluding hydrogens is 286 g/mol. The number of nitrogens with one attached hydrogen (secondary N) is 1. The third kappa shape index (κ3) is 2.86. The van der Waals surface area contributed by atoms with Gasteiger partial charge in [-0.25, -0.2) is 4.98 Å². The van der Waals surface area contributed by atoms with Crippen molar-refractivity contribution in [2.45, 2.75) is 25.7 Å². The summed E-state index contributed by atoms with van der Waals surface area (Å²) in [6.07, 6.45) is 7.00. The molecule has 4 nitrogen and oxygen atoms in total. The van der Waals surface area contributed by atoms with Gasteiger partial charge in [0.05, 0.1) is 10.6 Å². The Morgan fingerprint density at radius 3 is 2.86 bits per heavy atom. The number of halogens is 1. The van der Waals surface area contributed by atoms with Gasteiger partial charge in [-0.1, -0.05) is 18.0 Å². The van der Waals surface area contributed by atoms with Crippen molar-refractivity contribution in [2.75, 3.05) is 26.0 Å². The summed E-state index contributed by atoms with van der Waals surface area (Å²) >= 11 is 6.10. The Hall–Kier alpha value is -1.29. The number of hydrogen-bond donors (Lipinski definition) is 1. The molecule has 0 spiro atoms. The molecule has 0 aliphatic heterocycles. The second-order valence-corrected chi connectivity index (χ2v) is 6.83. The molecule has 1 heterocycles. The van der Waals surface area contributed by atoms with Crippen molar-refractivity contribution < 1.29 is 4.79 Å². The predicted octanol–water partition coefficient (Wildman–Crippen LogP) is 3.28. The molecule has 1 aromatic rings. The van der Waals surface area contributed by atoms with E-state index < -0.39 is 0 Å². The van der Waals surface area contributed by atoms with Crippen molar-refractivity contribution in [2.24, 2.45) is 17.8 Å². The van der Waals surface area contributed by atoms with Gasteiger partial charge in [-0.3, -0.25) is 4.79 Å². The van der Waals surface area contributed by atoms with Crippen molar-refractivity contribution in [1.82, 2.24) is 9.88 Å². The average Bonchev–Trinajstić information content (AvgIpc) is 3.08. The topological polar surface area (TPSA) is 45.2 Å². The molecular formula is C16H22ClN3O. The number of fused-ring (bicyclic) bond motifs is 2. The zero-order valence-electron chi connectivity index (χ0n) is 12.6. The maximum atomic E-state index is 12.5. The molecule has 0 radical (unpaired) electrons. The van der Waals surface area contributed by atoms with E-state index in [4.69, 9.17) is 11.6 Å². The summed E-state index contributed by atoms with van der Waals surface area (Å²) in [5.74, 6) is 3.03. The molecule has 114 valence electrons. The molecule has 2 aliphatic carbocycles. The van der Waals surface area contributed by atoms with Gasteiger partial charge in [-0.05, 0) is 43.1 Å². The van der Waals surface area contributed by atoms with Crippen LogP contribution in [0, 0.1) is 17.8 Å². The summed E-state index contributed by atoms with van der Waals surface area (Å²) in [6.45, 7) is 0.853. The van der Waals surface area contributed by atoms with Gasteiger partial charge in [0.25, 0.3) is 5.91 Å². The summed E-state index contributed by atoms with van der Waals surface area (Å²) < 4.78 is 0. The van der Waals surface area contributed by atoms with Crippen LogP contribution in [-0.4, -0.2) is 36.4 Å². The maximum absolute atomic E-state index is 12.5. The molecule has 2 aliphatic rings. The van der Waals surface area contributed by atoms with E-state index in [1.54, 1.807) is 19.3 Å². The highest BCUT2D eigenvalue weighted by molar-refractivity contribution is 6.33. The SMILES string of the molecule is CNc1ncc(C(=O)N(C)CC2CC3CCC2C3)cc1Cl. The van der Waals surface area contributed by atoms with Crippen molar-refractivity contribution in [3.05, 3.63) is 22.8 Å². The lowest BCUT2D eigenvalue weighted by atomic mass is 9.88. The Labute approximate surface area is 130 Å². The number of aromatic nitrogens is 1. The Morgan fingerprint density at radius 1 is 1.48 bits per heavy atom. The quantitative estimate of drug-likeness (QED) is 0.928. The van der Waals surface area contributed by atoms with Crippen molar-refractivity contribution in [1.29, 1.82) is 0 Å². The van der Waals surface area contributed by atoms with Gasteiger partial charge in [0.2, 0.25) is 0 Å². The van der Waals surface area contributed by atoms with E-state index in [9.17, 15) is 4.79 Å². The minimum absolute atomic E-state index is 0.00910. The zero-order valence-corrected chi connectivity index (χ0v) is 13.4. The molecule has 2 bridgehead atoms. The zero-order chi connectivity index (χ0) is 15.0. The monoisotopic (exact) mass is 307 g/mol. The lowest BCUT2D eigenvalue weighted by Gasteiger charge is -2.27. The maximum Gasteiger partial charge on any atom is 0.255 e. The number of amides is 1. The molecule has 5 heteroatoms. The molecule has 0 aromatic carbocycles. The predicted molar refractivity (Wildman–Crippen MR) is 84.7 cm³/mol. The van der Waals surface area contributed by atoms with Gasteiger partial charge >= 0.3 is 0 Å². The highest BCUT2D eigenvalue weighted by Crippen LogP contribution is 2.48. The lowest BCUT2D eigenvalue weighted by molar-refractivity contribution is 0.0754. The number of carbonyl (C=O) groups is 1. The third-order valence-electron chi connectivity index (χ3n) is 5.06. The molecule has 3 unspecified atom stereocenters. The molecule has 3 rings (SSSR count). The van der Waals surface area contributed by atoms with E-state index in [-0.39, 0.29) is 5.91 Å². The molecule has 1 aromatic heterocycles. The van der Waals surface area contributed by atoms with E-state index in [0.29, 0.717) is 22.3 Å². The van der Waals surface area contributed by atoms with Crippen LogP contribution in [0.1, 0.15) is 36.0 Å². The van der Waals surface area contributed by atoms with Gasteiger partial charge < -0.3 is 10.2 Å². The first kappa shape index (κ1) is 14.6. The van der Waals surface area contributed by atoms with Crippen LogP contribution in [0.15, 0.2) is 12.3 Å². The average molecular weight is 308 g/mol. The Morgan fingerprint density at radius 2 is 2.29 bits per heavy atom. The first-order chi connectivity index (χ1) is 10.1. The first-order valence-electron chi connectivity index (χ1n) is 7.67. The first-order valence-corrected chi connectivity index (χ1v) is 8.05. The molecule has 21 heavy (non-hydrogen) atoms. The van der Waals surface area contributed by atoms with Crippen LogP contribution in [0.2, 0.25) is 5.02 Å². The summed E-state index contributed by atoms with van der Waals surface area (Å²) in [6, 6.07) is 1.69. The minimum Gasteiger partial charge on any atom is -0.372 e. The van der Waals surface area contributed by atoms with E-state index in [2.05, 4.69) is 10.3 Å². The second kappa shape index (κ2) is 5.84. The van der Waals surface area contributed by atoms with E-state index in [0.717, 1.165) is 18.4 Å². The number of anilines is 1. The largest absolute Gasteiger partial charge is 0.372 e.